The molecule has 0 heterocycles. The lowest BCUT2D eigenvalue weighted by atomic mass is 10.1. The number of primary amides is 1. The van der Waals surface area contributed by atoms with Gasteiger partial charge in [-0.1, -0.05) is 0 Å². The third-order valence-electron chi connectivity index (χ3n) is 2.78. The largest absolute Gasteiger partial charge is 0.573 e. The minimum atomic E-state index is -4.77. The molecule has 2 amide bonds. The van der Waals surface area contributed by atoms with Gasteiger partial charge in [-0.2, -0.15) is 0 Å². The summed E-state index contributed by atoms with van der Waals surface area (Å²) in [4.78, 5) is 22.9. The zero-order valence-corrected chi connectivity index (χ0v) is 11.6. The van der Waals surface area contributed by atoms with E-state index in [2.05, 4.69) is 10.1 Å². The van der Waals surface area contributed by atoms with Gasteiger partial charge in [0.25, 0.3) is 5.91 Å². The quantitative estimate of drug-likeness (QED) is 0.907. The van der Waals surface area contributed by atoms with E-state index in [0.717, 1.165) is 12.1 Å². The van der Waals surface area contributed by atoms with Gasteiger partial charge in [-0.05, 0) is 48.5 Å². The number of rotatable bonds is 4. The van der Waals surface area contributed by atoms with Crippen LogP contribution >= 0.6 is 0 Å². The second kappa shape index (κ2) is 6.39. The van der Waals surface area contributed by atoms with Crippen LogP contribution in [0.2, 0.25) is 0 Å². The van der Waals surface area contributed by atoms with Crippen LogP contribution in [0.15, 0.2) is 48.5 Å². The molecule has 0 unspecified atom stereocenters. The average molecular weight is 324 g/mol. The molecule has 2 rings (SSSR count). The predicted octanol–water partition coefficient (Wildman–Crippen LogP) is 2.94. The summed E-state index contributed by atoms with van der Waals surface area (Å²) in [5.74, 6) is -1.48. The van der Waals surface area contributed by atoms with Crippen LogP contribution in [0.4, 0.5) is 18.9 Å². The number of nitrogens with one attached hydrogen (secondary N) is 1. The monoisotopic (exact) mass is 324 g/mol. The Balaban J connectivity index is 2.03. The van der Waals surface area contributed by atoms with Gasteiger partial charge in [0, 0.05) is 16.8 Å². The Bertz CT molecular complexity index is 710. The van der Waals surface area contributed by atoms with Crippen molar-refractivity contribution in [2.75, 3.05) is 5.32 Å². The number of benzene rings is 2. The van der Waals surface area contributed by atoms with Crippen molar-refractivity contribution in [2.24, 2.45) is 5.73 Å². The van der Waals surface area contributed by atoms with E-state index >= 15 is 0 Å². The molecule has 2 aromatic carbocycles. The molecule has 0 aliphatic heterocycles. The summed E-state index contributed by atoms with van der Waals surface area (Å²) >= 11 is 0. The van der Waals surface area contributed by atoms with Crippen LogP contribution in [0.25, 0.3) is 0 Å². The van der Waals surface area contributed by atoms with Crippen LogP contribution in [0.5, 0.6) is 5.75 Å². The number of hydrogen-bond donors (Lipinski definition) is 2. The third-order valence-corrected chi connectivity index (χ3v) is 2.78. The average Bonchev–Trinajstić information content (AvgIpc) is 2.48. The first-order valence-corrected chi connectivity index (χ1v) is 6.31. The van der Waals surface area contributed by atoms with E-state index < -0.39 is 18.2 Å². The number of halogens is 3. The van der Waals surface area contributed by atoms with E-state index in [-0.39, 0.29) is 16.9 Å². The van der Waals surface area contributed by atoms with Gasteiger partial charge in [0.1, 0.15) is 5.75 Å². The summed E-state index contributed by atoms with van der Waals surface area (Å²) in [6.45, 7) is 0. The van der Waals surface area contributed by atoms with E-state index in [1.54, 1.807) is 0 Å². The van der Waals surface area contributed by atoms with E-state index in [0.29, 0.717) is 5.69 Å². The lowest BCUT2D eigenvalue weighted by Gasteiger charge is -2.10. The first-order chi connectivity index (χ1) is 10.7. The molecule has 0 fully saturated rings. The van der Waals surface area contributed by atoms with Crippen LogP contribution in [-0.2, 0) is 0 Å². The highest BCUT2D eigenvalue weighted by atomic mass is 19.4. The molecule has 0 spiro atoms. The van der Waals surface area contributed by atoms with Crippen molar-refractivity contribution in [3.05, 3.63) is 59.7 Å². The predicted molar refractivity (Wildman–Crippen MR) is 76.0 cm³/mol. The number of carbonyl (C=O) groups excluding carboxylic acids is 2. The molecule has 120 valence electrons. The number of ether oxygens (including phenoxy) is 1. The zero-order valence-electron chi connectivity index (χ0n) is 11.6. The van der Waals surface area contributed by atoms with E-state index in [1.165, 1.54) is 36.4 Å². The van der Waals surface area contributed by atoms with Crippen molar-refractivity contribution in [3.8, 4) is 5.75 Å². The smallest absolute Gasteiger partial charge is 0.406 e. The molecule has 0 aliphatic rings. The van der Waals surface area contributed by atoms with Gasteiger partial charge in [-0.25, -0.2) is 0 Å². The van der Waals surface area contributed by atoms with E-state index in [9.17, 15) is 22.8 Å². The van der Waals surface area contributed by atoms with Crippen molar-refractivity contribution in [1.29, 1.82) is 0 Å². The number of carbonyl (C=O) groups is 2. The fourth-order valence-electron chi connectivity index (χ4n) is 1.73. The van der Waals surface area contributed by atoms with Gasteiger partial charge in [-0.3, -0.25) is 9.59 Å². The summed E-state index contributed by atoms with van der Waals surface area (Å²) in [6.07, 6.45) is -4.77. The van der Waals surface area contributed by atoms with E-state index in [4.69, 9.17) is 5.73 Å². The van der Waals surface area contributed by atoms with Crippen molar-refractivity contribution < 1.29 is 27.5 Å². The molecular formula is C15H11F3N2O3. The molecule has 0 saturated heterocycles. The second-order valence-electron chi connectivity index (χ2n) is 4.47. The molecule has 0 bridgehead atoms. The Morgan fingerprint density at radius 2 is 1.43 bits per heavy atom. The van der Waals surface area contributed by atoms with Gasteiger partial charge in [0.15, 0.2) is 0 Å². The first-order valence-electron chi connectivity index (χ1n) is 6.31. The summed E-state index contributed by atoms with van der Waals surface area (Å²) in [5.41, 5.74) is 5.91. The Kier molecular flexibility index (Phi) is 4.54. The molecule has 0 saturated carbocycles. The number of alkyl halides is 3. The minimum Gasteiger partial charge on any atom is -0.406 e. The third kappa shape index (κ3) is 4.73. The normalized spacial score (nSPS) is 10.9. The lowest BCUT2D eigenvalue weighted by molar-refractivity contribution is -0.274. The molecule has 5 nitrogen and oxygen atoms in total. The molecule has 8 heteroatoms. The molecule has 23 heavy (non-hydrogen) atoms. The first kappa shape index (κ1) is 16.3. The molecule has 0 aromatic heterocycles. The fraction of sp³-hybridized carbons (Fsp3) is 0.0667. The number of nitrogens with two attached hydrogens (primary N) is 1. The van der Waals surface area contributed by atoms with Gasteiger partial charge in [0.05, 0.1) is 0 Å². The van der Waals surface area contributed by atoms with Crippen LogP contribution in [-0.4, -0.2) is 18.2 Å². The van der Waals surface area contributed by atoms with Crippen LogP contribution in [0, 0.1) is 0 Å². The number of hydrogen-bond acceptors (Lipinski definition) is 3. The highest BCUT2D eigenvalue weighted by molar-refractivity contribution is 6.05. The minimum absolute atomic E-state index is 0.259. The van der Waals surface area contributed by atoms with Gasteiger partial charge < -0.3 is 15.8 Å². The zero-order chi connectivity index (χ0) is 17.0. The summed E-state index contributed by atoms with van der Waals surface area (Å²) in [5, 5.41) is 2.51. The van der Waals surface area contributed by atoms with Crippen molar-refractivity contribution in [2.45, 2.75) is 6.36 Å². The lowest BCUT2D eigenvalue weighted by Crippen LogP contribution is -2.17. The number of anilines is 1. The molecule has 3 N–H and O–H groups in total. The van der Waals surface area contributed by atoms with Gasteiger partial charge >= 0.3 is 6.36 Å². The SMILES string of the molecule is NC(=O)c1ccc(C(=O)Nc2ccc(OC(F)(F)F)cc2)cc1. The van der Waals surface area contributed by atoms with E-state index in [1.807, 2.05) is 0 Å². The fourth-order valence-corrected chi connectivity index (χ4v) is 1.73. The van der Waals surface area contributed by atoms with Crippen LogP contribution < -0.4 is 15.8 Å². The summed E-state index contributed by atoms with van der Waals surface area (Å²) in [7, 11) is 0. The van der Waals surface area contributed by atoms with Crippen LogP contribution in [0.3, 0.4) is 0 Å². The standard InChI is InChI=1S/C15H11F3N2O3/c16-15(17,18)23-12-7-5-11(6-8-12)20-14(22)10-3-1-9(2-4-10)13(19)21/h1-8H,(H2,19,21)(H,20,22). The molecule has 2 aromatic rings. The summed E-state index contributed by atoms with van der Waals surface area (Å²) in [6, 6.07) is 10.3. The second-order valence-corrected chi connectivity index (χ2v) is 4.47. The van der Waals surface area contributed by atoms with Crippen molar-refractivity contribution in [3.63, 3.8) is 0 Å². The van der Waals surface area contributed by atoms with Gasteiger partial charge in [-0.15, -0.1) is 13.2 Å². The van der Waals surface area contributed by atoms with Crippen LogP contribution in [0.1, 0.15) is 20.7 Å². The van der Waals surface area contributed by atoms with Crippen molar-refractivity contribution >= 4 is 17.5 Å². The maximum absolute atomic E-state index is 12.0. The molecule has 0 atom stereocenters. The maximum atomic E-state index is 12.0. The molecular weight excluding hydrogens is 313 g/mol. The topological polar surface area (TPSA) is 81.4 Å². The Labute approximate surface area is 128 Å². The highest BCUT2D eigenvalue weighted by Gasteiger charge is 2.30. The highest BCUT2D eigenvalue weighted by Crippen LogP contribution is 2.24. The maximum Gasteiger partial charge on any atom is 0.573 e. The van der Waals surface area contributed by atoms with Gasteiger partial charge in [0.2, 0.25) is 5.91 Å². The molecule has 0 aliphatic carbocycles. The Hall–Kier alpha value is -3.03. The Morgan fingerprint density at radius 3 is 1.91 bits per heavy atom. The summed E-state index contributed by atoms with van der Waals surface area (Å²) < 4.78 is 39.8. The molecule has 0 radical (unpaired) electrons. The van der Waals surface area contributed by atoms with Crippen molar-refractivity contribution in [1.82, 2.24) is 0 Å². The Morgan fingerprint density at radius 1 is 0.913 bits per heavy atom. The number of amides is 2.